The first-order valence-electron chi connectivity index (χ1n) is 8.34. The van der Waals surface area contributed by atoms with E-state index in [9.17, 15) is 9.59 Å². The molecular weight excluding hydrogens is 314 g/mol. The fraction of sp³-hybridized carbons (Fsp3) is 0.200. The molecule has 2 aromatic carbocycles. The van der Waals surface area contributed by atoms with E-state index in [0.29, 0.717) is 18.5 Å². The molecule has 25 heavy (non-hydrogen) atoms. The van der Waals surface area contributed by atoms with Gasteiger partial charge < -0.3 is 16.0 Å². The van der Waals surface area contributed by atoms with Crippen molar-refractivity contribution in [2.45, 2.75) is 25.8 Å². The Morgan fingerprint density at radius 3 is 2.76 bits per heavy atom. The average molecular weight is 335 g/mol. The number of hydrogen-bond acceptors (Lipinski definition) is 2. The van der Waals surface area contributed by atoms with Gasteiger partial charge >= 0.3 is 0 Å². The molecule has 3 rings (SSSR count). The van der Waals surface area contributed by atoms with Crippen LogP contribution in [0.2, 0.25) is 0 Å². The van der Waals surface area contributed by atoms with Gasteiger partial charge in [0.15, 0.2) is 0 Å². The van der Waals surface area contributed by atoms with E-state index in [0.717, 1.165) is 23.9 Å². The number of hydrogen-bond donors (Lipinski definition) is 3. The first kappa shape index (κ1) is 16.8. The predicted molar refractivity (Wildman–Crippen MR) is 98.0 cm³/mol. The van der Waals surface area contributed by atoms with Gasteiger partial charge in [-0.05, 0) is 42.2 Å². The summed E-state index contributed by atoms with van der Waals surface area (Å²) in [5.74, 6) is -0.462. The molecule has 3 aromatic rings. The molecule has 0 atom stereocenters. The van der Waals surface area contributed by atoms with Gasteiger partial charge in [-0.15, -0.1) is 0 Å². The van der Waals surface area contributed by atoms with Crippen LogP contribution in [0.1, 0.15) is 34.3 Å². The highest BCUT2D eigenvalue weighted by Crippen LogP contribution is 2.19. The number of carbonyl (C=O) groups excluding carboxylic acids is 2. The van der Waals surface area contributed by atoms with E-state index >= 15 is 0 Å². The van der Waals surface area contributed by atoms with Crippen LogP contribution in [-0.4, -0.2) is 16.8 Å². The van der Waals surface area contributed by atoms with E-state index in [1.54, 1.807) is 18.2 Å². The number of rotatable bonds is 7. The van der Waals surface area contributed by atoms with E-state index in [-0.39, 0.29) is 5.91 Å². The molecule has 0 radical (unpaired) electrons. The van der Waals surface area contributed by atoms with Crippen molar-refractivity contribution < 1.29 is 9.59 Å². The maximum atomic E-state index is 12.0. The molecule has 0 unspecified atom stereocenters. The molecule has 128 valence electrons. The Hall–Kier alpha value is -3.08. The third-order valence-electron chi connectivity index (χ3n) is 4.23. The number of primary amides is 1. The molecule has 0 bridgehead atoms. The fourth-order valence-corrected chi connectivity index (χ4v) is 2.90. The first-order valence-corrected chi connectivity index (χ1v) is 8.34. The van der Waals surface area contributed by atoms with Gasteiger partial charge in [-0.1, -0.05) is 30.3 Å². The highest BCUT2D eigenvalue weighted by atomic mass is 16.1. The molecular formula is C20H21N3O2. The second-order valence-corrected chi connectivity index (χ2v) is 6.05. The first-order chi connectivity index (χ1) is 12.1. The average Bonchev–Trinajstić information content (AvgIpc) is 3.03. The number of aromatic amines is 1. The largest absolute Gasteiger partial charge is 0.366 e. The second kappa shape index (κ2) is 7.66. The monoisotopic (exact) mass is 335 g/mol. The number of aromatic nitrogens is 1. The van der Waals surface area contributed by atoms with Gasteiger partial charge in [0.1, 0.15) is 0 Å². The highest BCUT2D eigenvalue weighted by molar-refractivity contribution is 5.92. The van der Waals surface area contributed by atoms with Gasteiger partial charge in [-0.3, -0.25) is 9.59 Å². The van der Waals surface area contributed by atoms with Crippen LogP contribution in [0, 0.1) is 0 Å². The summed E-state index contributed by atoms with van der Waals surface area (Å²) < 4.78 is 0. The van der Waals surface area contributed by atoms with Crippen molar-refractivity contribution in [1.29, 1.82) is 0 Å². The van der Waals surface area contributed by atoms with Crippen LogP contribution in [0.3, 0.4) is 0 Å². The van der Waals surface area contributed by atoms with Crippen molar-refractivity contribution in [3.63, 3.8) is 0 Å². The Labute approximate surface area is 146 Å². The minimum Gasteiger partial charge on any atom is -0.366 e. The normalized spacial score (nSPS) is 10.7. The molecule has 5 nitrogen and oxygen atoms in total. The number of benzene rings is 2. The van der Waals surface area contributed by atoms with Crippen LogP contribution in [-0.2, 0) is 17.8 Å². The fourth-order valence-electron chi connectivity index (χ4n) is 2.90. The molecule has 5 heteroatoms. The van der Waals surface area contributed by atoms with E-state index in [2.05, 4.69) is 16.4 Å². The van der Waals surface area contributed by atoms with E-state index < -0.39 is 5.91 Å². The Bertz CT molecular complexity index is 899. The van der Waals surface area contributed by atoms with Crippen molar-refractivity contribution in [3.8, 4) is 0 Å². The van der Waals surface area contributed by atoms with E-state index in [1.807, 2.05) is 30.5 Å². The molecule has 0 spiro atoms. The summed E-state index contributed by atoms with van der Waals surface area (Å²) in [5.41, 5.74) is 8.93. The SMILES string of the molecule is NC(=O)c1cccc(CNC(=O)CCCc2c[nH]c3ccccc23)c1. The number of nitrogens with two attached hydrogens (primary N) is 1. The molecule has 1 heterocycles. The van der Waals surface area contributed by atoms with Crippen molar-refractivity contribution in [2.75, 3.05) is 0 Å². The zero-order valence-electron chi connectivity index (χ0n) is 13.9. The summed E-state index contributed by atoms with van der Waals surface area (Å²) in [4.78, 5) is 26.4. The summed E-state index contributed by atoms with van der Waals surface area (Å²) in [6.45, 7) is 0.396. The van der Waals surface area contributed by atoms with Crippen molar-refractivity contribution in [2.24, 2.45) is 5.73 Å². The molecule has 0 fully saturated rings. The summed E-state index contributed by atoms with van der Waals surface area (Å²) >= 11 is 0. The summed E-state index contributed by atoms with van der Waals surface area (Å²) in [7, 11) is 0. The Balaban J connectivity index is 1.47. The predicted octanol–water partition coefficient (Wildman–Crippen LogP) is 2.91. The van der Waals surface area contributed by atoms with Crippen molar-refractivity contribution >= 4 is 22.7 Å². The van der Waals surface area contributed by atoms with Crippen LogP contribution in [0.25, 0.3) is 10.9 Å². The number of H-pyrrole nitrogens is 1. The van der Waals surface area contributed by atoms with Gasteiger partial charge in [-0.25, -0.2) is 0 Å². The van der Waals surface area contributed by atoms with Gasteiger partial charge in [0.05, 0.1) is 0 Å². The molecule has 0 saturated carbocycles. The zero-order valence-corrected chi connectivity index (χ0v) is 13.9. The number of carbonyl (C=O) groups is 2. The standard InChI is InChI=1S/C20H21N3O2/c21-20(25)15-6-3-5-14(11-15)12-23-19(24)10-4-7-16-13-22-18-9-2-1-8-17(16)18/h1-3,5-6,8-9,11,13,22H,4,7,10,12H2,(H2,21,25)(H,23,24). The van der Waals surface area contributed by atoms with E-state index in [4.69, 9.17) is 5.73 Å². The molecule has 1 aromatic heterocycles. The lowest BCUT2D eigenvalue weighted by Crippen LogP contribution is -2.22. The molecule has 0 aliphatic carbocycles. The third kappa shape index (κ3) is 4.26. The van der Waals surface area contributed by atoms with Crippen molar-refractivity contribution in [3.05, 3.63) is 71.4 Å². The number of para-hydroxylation sites is 1. The number of nitrogens with one attached hydrogen (secondary N) is 2. The molecule has 4 N–H and O–H groups in total. The highest BCUT2D eigenvalue weighted by Gasteiger charge is 2.06. The quantitative estimate of drug-likeness (QED) is 0.620. The topological polar surface area (TPSA) is 88.0 Å². The minimum atomic E-state index is -0.466. The number of aryl methyl sites for hydroxylation is 1. The van der Waals surface area contributed by atoms with Crippen LogP contribution in [0.15, 0.2) is 54.7 Å². The number of amides is 2. The maximum Gasteiger partial charge on any atom is 0.248 e. The van der Waals surface area contributed by atoms with Crippen LogP contribution in [0.4, 0.5) is 0 Å². The van der Waals surface area contributed by atoms with Crippen molar-refractivity contribution in [1.82, 2.24) is 10.3 Å². The second-order valence-electron chi connectivity index (χ2n) is 6.05. The zero-order chi connectivity index (χ0) is 17.6. The van der Waals surface area contributed by atoms with Gasteiger partial charge in [-0.2, -0.15) is 0 Å². The Morgan fingerprint density at radius 1 is 1.08 bits per heavy atom. The van der Waals surface area contributed by atoms with Crippen LogP contribution >= 0.6 is 0 Å². The summed E-state index contributed by atoms with van der Waals surface area (Å²) in [6.07, 6.45) is 4.12. The lowest BCUT2D eigenvalue weighted by molar-refractivity contribution is -0.121. The smallest absolute Gasteiger partial charge is 0.248 e. The van der Waals surface area contributed by atoms with Gasteiger partial charge in [0.25, 0.3) is 0 Å². The molecule has 2 amide bonds. The Kier molecular flexibility index (Phi) is 5.14. The molecule has 0 saturated heterocycles. The summed E-state index contributed by atoms with van der Waals surface area (Å²) in [6, 6.07) is 15.1. The van der Waals surface area contributed by atoms with Gasteiger partial charge in [0.2, 0.25) is 11.8 Å². The van der Waals surface area contributed by atoms with E-state index in [1.165, 1.54) is 10.9 Å². The van der Waals surface area contributed by atoms with Gasteiger partial charge in [0, 0.05) is 35.6 Å². The molecule has 0 aliphatic heterocycles. The van der Waals surface area contributed by atoms with Crippen LogP contribution in [0.5, 0.6) is 0 Å². The lowest BCUT2D eigenvalue weighted by Gasteiger charge is -2.06. The van der Waals surface area contributed by atoms with Crippen LogP contribution < -0.4 is 11.1 Å². The summed E-state index contributed by atoms with van der Waals surface area (Å²) in [5, 5.41) is 4.10. The lowest BCUT2D eigenvalue weighted by atomic mass is 10.1. The Morgan fingerprint density at radius 2 is 1.92 bits per heavy atom. The third-order valence-corrected chi connectivity index (χ3v) is 4.23. The number of fused-ring (bicyclic) bond motifs is 1. The molecule has 0 aliphatic rings. The minimum absolute atomic E-state index is 0.00400. The maximum absolute atomic E-state index is 12.0.